The maximum absolute atomic E-state index is 3.50. The van der Waals surface area contributed by atoms with Crippen molar-refractivity contribution in [3.63, 3.8) is 0 Å². The van der Waals surface area contributed by atoms with Crippen LogP contribution < -0.4 is 5.32 Å². The van der Waals surface area contributed by atoms with Crippen molar-refractivity contribution >= 4 is 0 Å². The Morgan fingerprint density at radius 1 is 1.45 bits per heavy atom. The molecule has 0 unspecified atom stereocenters. The molecule has 1 aliphatic rings. The molecule has 2 rings (SSSR count). The minimum Gasteiger partial charge on any atom is -0.365 e. The molecule has 1 aliphatic heterocycles. The van der Waals surface area contributed by atoms with Gasteiger partial charge in [0.05, 0.1) is 0 Å². The third-order valence-corrected chi connectivity index (χ3v) is 2.38. The second-order valence-electron chi connectivity index (χ2n) is 3.41. The fourth-order valence-electron chi connectivity index (χ4n) is 1.88. The summed E-state index contributed by atoms with van der Waals surface area (Å²) in [6, 6.07) is 3.29. The number of hydrogen-bond donors (Lipinski definition) is 2. The Morgan fingerprint density at radius 3 is 3.09 bits per heavy atom. The summed E-state index contributed by atoms with van der Waals surface area (Å²) in [6.07, 6.45) is 3.16. The van der Waals surface area contributed by atoms with Crippen molar-refractivity contribution < 1.29 is 0 Å². The van der Waals surface area contributed by atoms with Crippen LogP contribution in [-0.2, 0) is 6.42 Å². The zero-order valence-electron chi connectivity index (χ0n) is 7.02. The van der Waals surface area contributed by atoms with Crippen LogP contribution in [0.25, 0.3) is 0 Å². The molecule has 0 aromatic carbocycles. The quantitative estimate of drug-likeness (QED) is 0.577. The van der Waals surface area contributed by atoms with E-state index < -0.39 is 0 Å². The van der Waals surface area contributed by atoms with Crippen LogP contribution >= 0.6 is 0 Å². The lowest BCUT2D eigenvalue weighted by Crippen LogP contribution is -2.35. The number of hydrogen-bond acceptors (Lipinski definition) is 1. The second-order valence-corrected chi connectivity index (χ2v) is 3.41. The van der Waals surface area contributed by atoms with Crippen molar-refractivity contribution in [2.45, 2.75) is 32.4 Å². The predicted octanol–water partition coefficient (Wildman–Crippen LogP) is 1.61. The molecule has 11 heavy (non-hydrogen) atoms. The van der Waals surface area contributed by atoms with Gasteiger partial charge in [0.2, 0.25) is 0 Å². The van der Waals surface area contributed by atoms with Crippen molar-refractivity contribution in [1.82, 2.24) is 10.3 Å². The van der Waals surface area contributed by atoms with Crippen LogP contribution in [0.3, 0.4) is 0 Å². The Labute approximate surface area is 67.0 Å². The monoisotopic (exact) mass is 150 g/mol. The average Bonchev–Trinajstić information content (AvgIpc) is 2.34. The van der Waals surface area contributed by atoms with Gasteiger partial charge in [-0.25, -0.2) is 0 Å². The second kappa shape index (κ2) is 2.38. The van der Waals surface area contributed by atoms with E-state index >= 15 is 0 Å². The van der Waals surface area contributed by atoms with Crippen LogP contribution in [-0.4, -0.2) is 11.0 Å². The fraction of sp³-hybridized carbons (Fsp3) is 0.556. The molecule has 2 atom stereocenters. The minimum atomic E-state index is 0.514. The molecular formula is C9H14N2. The highest BCUT2D eigenvalue weighted by Crippen LogP contribution is 2.23. The summed E-state index contributed by atoms with van der Waals surface area (Å²) < 4.78 is 0. The molecule has 0 amide bonds. The Bertz CT molecular complexity index is 252. The van der Waals surface area contributed by atoms with Crippen LogP contribution in [0.5, 0.6) is 0 Å². The molecule has 0 bridgehead atoms. The van der Waals surface area contributed by atoms with Gasteiger partial charge in [-0.3, -0.25) is 0 Å². The van der Waals surface area contributed by atoms with Crippen molar-refractivity contribution in [2.75, 3.05) is 0 Å². The highest BCUT2D eigenvalue weighted by Gasteiger charge is 2.20. The van der Waals surface area contributed by atoms with Gasteiger partial charge in [-0.15, -0.1) is 0 Å². The molecule has 2 nitrogen and oxygen atoms in total. The molecule has 0 fully saturated rings. The molecule has 0 aliphatic carbocycles. The van der Waals surface area contributed by atoms with Gasteiger partial charge in [0.1, 0.15) is 0 Å². The van der Waals surface area contributed by atoms with Gasteiger partial charge in [-0.2, -0.15) is 0 Å². The van der Waals surface area contributed by atoms with E-state index in [1.54, 1.807) is 0 Å². The number of aromatic amines is 1. The van der Waals surface area contributed by atoms with Gasteiger partial charge >= 0.3 is 0 Å². The van der Waals surface area contributed by atoms with Crippen molar-refractivity contribution in [3.8, 4) is 0 Å². The lowest BCUT2D eigenvalue weighted by Gasteiger charge is -2.26. The Balaban J connectivity index is 2.36. The van der Waals surface area contributed by atoms with Crippen molar-refractivity contribution in [1.29, 1.82) is 0 Å². The largest absolute Gasteiger partial charge is 0.365 e. The van der Waals surface area contributed by atoms with E-state index in [0.29, 0.717) is 12.1 Å². The summed E-state index contributed by atoms with van der Waals surface area (Å²) in [7, 11) is 0. The van der Waals surface area contributed by atoms with Crippen LogP contribution in [0.1, 0.15) is 31.1 Å². The first-order chi connectivity index (χ1) is 5.27. The summed E-state index contributed by atoms with van der Waals surface area (Å²) in [5.74, 6) is 0. The highest BCUT2D eigenvalue weighted by atomic mass is 15.0. The van der Waals surface area contributed by atoms with E-state index in [1.165, 1.54) is 11.3 Å². The first kappa shape index (κ1) is 6.92. The molecule has 1 aromatic rings. The van der Waals surface area contributed by atoms with Gasteiger partial charge in [-0.1, -0.05) is 0 Å². The summed E-state index contributed by atoms with van der Waals surface area (Å²) in [4.78, 5) is 3.28. The van der Waals surface area contributed by atoms with E-state index in [0.717, 1.165) is 6.42 Å². The maximum atomic E-state index is 3.50. The molecular weight excluding hydrogens is 136 g/mol. The Morgan fingerprint density at radius 2 is 2.27 bits per heavy atom. The molecule has 0 radical (unpaired) electrons. The molecule has 60 valence electrons. The number of aromatic nitrogens is 1. The van der Waals surface area contributed by atoms with Crippen molar-refractivity contribution in [3.05, 3.63) is 23.5 Å². The van der Waals surface area contributed by atoms with E-state index in [4.69, 9.17) is 0 Å². The molecule has 2 heteroatoms. The minimum absolute atomic E-state index is 0.514. The van der Waals surface area contributed by atoms with E-state index in [9.17, 15) is 0 Å². The summed E-state index contributed by atoms with van der Waals surface area (Å²) >= 11 is 0. The fourth-order valence-corrected chi connectivity index (χ4v) is 1.88. The molecule has 1 aromatic heterocycles. The first-order valence-corrected chi connectivity index (χ1v) is 4.19. The standard InChI is InChI=1S/C9H14N2/c1-6-5-9-8(3-4-10-9)7(2)11-6/h3-4,6-7,10-11H,5H2,1-2H3/t6-,7+/m1/s1. The molecule has 0 saturated carbocycles. The van der Waals surface area contributed by atoms with Gasteiger partial charge < -0.3 is 10.3 Å². The number of H-pyrrole nitrogens is 1. The van der Waals surface area contributed by atoms with Gasteiger partial charge in [0.15, 0.2) is 0 Å². The Hall–Kier alpha value is -0.760. The molecule has 0 saturated heterocycles. The average molecular weight is 150 g/mol. The third kappa shape index (κ3) is 1.07. The SMILES string of the molecule is C[C@@H]1Cc2[nH]ccc2[C@H](C)N1. The van der Waals surface area contributed by atoms with Gasteiger partial charge in [0.25, 0.3) is 0 Å². The number of nitrogens with one attached hydrogen (secondary N) is 2. The zero-order chi connectivity index (χ0) is 7.84. The summed E-state index contributed by atoms with van der Waals surface area (Å²) in [5, 5.41) is 3.50. The van der Waals surface area contributed by atoms with Crippen molar-refractivity contribution in [2.24, 2.45) is 0 Å². The summed E-state index contributed by atoms with van der Waals surface area (Å²) in [5.41, 5.74) is 2.84. The zero-order valence-corrected chi connectivity index (χ0v) is 7.02. The van der Waals surface area contributed by atoms with Crippen LogP contribution in [0.4, 0.5) is 0 Å². The normalized spacial score (nSPS) is 30.0. The van der Waals surface area contributed by atoms with Crippen LogP contribution in [0.15, 0.2) is 12.3 Å². The van der Waals surface area contributed by atoms with Crippen LogP contribution in [0, 0.1) is 0 Å². The number of rotatable bonds is 0. The van der Waals surface area contributed by atoms with E-state index in [1.807, 2.05) is 6.20 Å². The van der Waals surface area contributed by atoms with E-state index in [2.05, 4.69) is 30.2 Å². The van der Waals surface area contributed by atoms with Gasteiger partial charge in [-0.05, 0) is 25.5 Å². The Kier molecular flexibility index (Phi) is 1.50. The lowest BCUT2D eigenvalue weighted by molar-refractivity contribution is 0.443. The first-order valence-electron chi connectivity index (χ1n) is 4.19. The van der Waals surface area contributed by atoms with Crippen LogP contribution in [0.2, 0.25) is 0 Å². The topological polar surface area (TPSA) is 27.8 Å². The highest BCUT2D eigenvalue weighted by molar-refractivity contribution is 5.27. The lowest BCUT2D eigenvalue weighted by atomic mass is 9.98. The molecule has 2 heterocycles. The smallest absolute Gasteiger partial charge is 0.0312 e. The third-order valence-electron chi connectivity index (χ3n) is 2.38. The van der Waals surface area contributed by atoms with E-state index in [-0.39, 0.29) is 0 Å². The predicted molar refractivity (Wildman–Crippen MR) is 45.5 cm³/mol. The molecule has 0 spiro atoms. The number of fused-ring (bicyclic) bond motifs is 1. The molecule has 2 N–H and O–H groups in total. The van der Waals surface area contributed by atoms with Gasteiger partial charge in [0, 0.05) is 30.4 Å². The maximum Gasteiger partial charge on any atom is 0.0312 e. The summed E-state index contributed by atoms with van der Waals surface area (Å²) in [6.45, 7) is 4.43.